The molecule has 130 valence electrons. The van der Waals surface area contributed by atoms with Gasteiger partial charge >= 0.3 is 0 Å². The summed E-state index contributed by atoms with van der Waals surface area (Å²) in [5, 5.41) is 23.3. The van der Waals surface area contributed by atoms with Gasteiger partial charge in [-0.05, 0) is 25.8 Å². The molecule has 0 aliphatic carbocycles. The lowest BCUT2D eigenvalue weighted by Gasteiger charge is -1.98. The molecule has 0 saturated heterocycles. The fourth-order valence-corrected chi connectivity index (χ4v) is 3.93. The summed E-state index contributed by atoms with van der Waals surface area (Å²) >= 11 is 1.52. The summed E-state index contributed by atoms with van der Waals surface area (Å²) in [7, 11) is 3.87. The zero-order valence-electron chi connectivity index (χ0n) is 15.1. The van der Waals surface area contributed by atoms with E-state index in [1.165, 1.54) is 11.3 Å². The third kappa shape index (κ3) is 2.38. The second-order valence-electron chi connectivity index (χ2n) is 6.53. The van der Waals surface area contributed by atoms with Gasteiger partial charge in [0.2, 0.25) is 10.8 Å². The van der Waals surface area contributed by atoms with Gasteiger partial charge in [0.25, 0.3) is 0 Å². The highest BCUT2D eigenvalue weighted by Crippen LogP contribution is 2.32. The van der Waals surface area contributed by atoms with E-state index < -0.39 is 0 Å². The maximum absolute atomic E-state index is 4.77. The van der Waals surface area contributed by atoms with Crippen molar-refractivity contribution in [2.75, 3.05) is 0 Å². The van der Waals surface area contributed by atoms with Crippen molar-refractivity contribution in [3.8, 4) is 22.1 Å². The summed E-state index contributed by atoms with van der Waals surface area (Å²) < 4.78 is 5.52. The van der Waals surface area contributed by atoms with Crippen LogP contribution in [0.15, 0.2) is 6.07 Å². The molecule has 0 atom stereocenters. The third-order valence-electron chi connectivity index (χ3n) is 4.43. The molecule has 9 heteroatoms. The lowest BCUT2D eigenvalue weighted by atomic mass is 10.1. The second-order valence-corrected chi connectivity index (χ2v) is 7.48. The van der Waals surface area contributed by atoms with Crippen LogP contribution in [0, 0.1) is 13.8 Å². The number of aryl methyl sites for hydroxylation is 3. The van der Waals surface area contributed by atoms with Crippen molar-refractivity contribution in [1.29, 1.82) is 0 Å². The van der Waals surface area contributed by atoms with Crippen LogP contribution in [0.4, 0.5) is 0 Å². The minimum atomic E-state index is 0.357. The Morgan fingerprint density at radius 2 is 1.76 bits per heavy atom. The second kappa shape index (κ2) is 5.48. The van der Waals surface area contributed by atoms with Gasteiger partial charge in [-0.1, -0.05) is 25.2 Å². The van der Waals surface area contributed by atoms with Gasteiger partial charge in [-0.15, -0.1) is 10.2 Å². The molecular weight excluding hydrogens is 336 g/mol. The van der Waals surface area contributed by atoms with Gasteiger partial charge in [0.15, 0.2) is 5.01 Å². The first-order valence-electron chi connectivity index (χ1n) is 8.14. The van der Waals surface area contributed by atoms with E-state index in [4.69, 9.17) is 5.10 Å². The predicted octanol–water partition coefficient (Wildman–Crippen LogP) is 2.73. The van der Waals surface area contributed by atoms with Crippen LogP contribution in [0.25, 0.3) is 27.1 Å². The van der Waals surface area contributed by atoms with E-state index in [0.29, 0.717) is 11.7 Å². The lowest BCUT2D eigenvalue weighted by Crippen LogP contribution is -1.99. The highest BCUT2D eigenvalue weighted by atomic mass is 32.1. The summed E-state index contributed by atoms with van der Waals surface area (Å²) in [6.07, 6.45) is 0. The summed E-state index contributed by atoms with van der Waals surface area (Å²) in [6.45, 7) is 8.30. The molecule has 25 heavy (non-hydrogen) atoms. The van der Waals surface area contributed by atoms with E-state index in [1.807, 2.05) is 30.4 Å². The van der Waals surface area contributed by atoms with Crippen molar-refractivity contribution in [1.82, 2.24) is 39.4 Å². The molecule has 0 bridgehead atoms. The van der Waals surface area contributed by atoms with Gasteiger partial charge in [-0.3, -0.25) is 9.36 Å². The van der Waals surface area contributed by atoms with Crippen molar-refractivity contribution < 1.29 is 0 Å². The summed E-state index contributed by atoms with van der Waals surface area (Å²) in [5.41, 5.74) is 5.06. The Labute approximate surface area is 149 Å². The normalized spacial score (nSPS) is 12.0. The first-order chi connectivity index (χ1) is 11.9. The number of rotatable bonds is 3. The van der Waals surface area contributed by atoms with Crippen LogP contribution in [0.3, 0.4) is 0 Å². The van der Waals surface area contributed by atoms with Crippen LogP contribution in [-0.4, -0.2) is 39.4 Å². The number of hydrogen-bond donors (Lipinski definition) is 0. The molecule has 4 rings (SSSR count). The van der Waals surface area contributed by atoms with Crippen molar-refractivity contribution in [2.45, 2.75) is 33.6 Å². The molecule has 0 saturated carbocycles. The Balaban J connectivity index is 1.87. The van der Waals surface area contributed by atoms with Crippen LogP contribution >= 0.6 is 11.3 Å². The Hall–Kier alpha value is -2.55. The Kier molecular flexibility index (Phi) is 3.50. The zero-order valence-corrected chi connectivity index (χ0v) is 16.0. The molecule has 8 nitrogen and oxygen atoms in total. The molecule has 4 heterocycles. The van der Waals surface area contributed by atoms with E-state index >= 15 is 0 Å². The molecule has 4 aromatic heterocycles. The predicted molar refractivity (Wildman–Crippen MR) is 96.6 cm³/mol. The average molecular weight is 356 g/mol. The van der Waals surface area contributed by atoms with E-state index in [9.17, 15) is 0 Å². The molecule has 0 fully saturated rings. The molecule has 4 aromatic rings. The summed E-state index contributed by atoms with van der Waals surface area (Å²) in [6, 6.07) is 2.06. The Morgan fingerprint density at radius 3 is 2.36 bits per heavy atom. The van der Waals surface area contributed by atoms with Crippen molar-refractivity contribution in [3.63, 3.8) is 0 Å². The zero-order chi connectivity index (χ0) is 17.9. The smallest absolute Gasteiger partial charge is 0.235 e. The largest absolute Gasteiger partial charge is 0.272 e. The fraction of sp³-hybridized carbons (Fsp3) is 0.438. The van der Waals surface area contributed by atoms with Crippen LogP contribution in [-0.2, 0) is 14.1 Å². The Bertz CT molecular complexity index is 1080. The topological polar surface area (TPSA) is 78.7 Å². The van der Waals surface area contributed by atoms with Gasteiger partial charge in [0, 0.05) is 19.8 Å². The molecule has 0 unspecified atom stereocenters. The SMILES string of the molecule is Cc1nn(C)c(C)c1-c1nn2c(-c3cc(C(C)C)nn3C)nnc2s1. The van der Waals surface area contributed by atoms with E-state index in [2.05, 4.69) is 47.2 Å². The first-order valence-corrected chi connectivity index (χ1v) is 8.95. The van der Waals surface area contributed by atoms with Gasteiger partial charge in [0.1, 0.15) is 5.69 Å². The standard InChI is InChI=1S/C16H20N8S/c1-8(2)11-7-12(23(6)20-11)14-17-18-16-24(14)21-15(25-16)13-9(3)19-22(5)10(13)4/h7-8H,1-6H3. The summed E-state index contributed by atoms with van der Waals surface area (Å²) in [4.78, 5) is 0.764. The molecule has 0 N–H and O–H groups in total. The van der Waals surface area contributed by atoms with Crippen molar-refractivity contribution in [3.05, 3.63) is 23.1 Å². The van der Waals surface area contributed by atoms with Crippen LogP contribution in [0.2, 0.25) is 0 Å². The van der Waals surface area contributed by atoms with Crippen molar-refractivity contribution >= 4 is 16.3 Å². The van der Waals surface area contributed by atoms with E-state index in [-0.39, 0.29) is 0 Å². The maximum atomic E-state index is 4.77. The maximum Gasteiger partial charge on any atom is 0.235 e. The van der Waals surface area contributed by atoms with Gasteiger partial charge in [0.05, 0.1) is 17.0 Å². The number of aromatic nitrogens is 8. The minimum absolute atomic E-state index is 0.357. The quantitative estimate of drug-likeness (QED) is 0.564. The monoisotopic (exact) mass is 356 g/mol. The van der Waals surface area contributed by atoms with E-state index in [1.54, 1.807) is 4.52 Å². The van der Waals surface area contributed by atoms with Gasteiger partial charge in [-0.2, -0.15) is 19.8 Å². The molecular formula is C16H20N8S. The number of hydrogen-bond acceptors (Lipinski definition) is 6. The fourth-order valence-electron chi connectivity index (χ4n) is 2.94. The van der Waals surface area contributed by atoms with Crippen LogP contribution in [0.1, 0.15) is 36.8 Å². The number of fused-ring (bicyclic) bond motifs is 1. The minimum Gasteiger partial charge on any atom is -0.272 e. The highest BCUT2D eigenvalue weighted by Gasteiger charge is 2.21. The van der Waals surface area contributed by atoms with Crippen molar-refractivity contribution in [2.24, 2.45) is 14.1 Å². The van der Waals surface area contributed by atoms with E-state index in [0.717, 1.165) is 38.3 Å². The Morgan fingerprint density at radius 1 is 1.00 bits per heavy atom. The molecule has 0 aliphatic rings. The first kappa shape index (κ1) is 15.9. The molecule has 0 radical (unpaired) electrons. The molecule has 0 aromatic carbocycles. The highest BCUT2D eigenvalue weighted by molar-refractivity contribution is 7.19. The van der Waals surface area contributed by atoms with Gasteiger partial charge in [-0.25, -0.2) is 0 Å². The molecule has 0 spiro atoms. The third-order valence-corrected chi connectivity index (χ3v) is 5.35. The van der Waals surface area contributed by atoms with Gasteiger partial charge < -0.3 is 0 Å². The molecule has 0 amide bonds. The van der Waals surface area contributed by atoms with Crippen LogP contribution in [0.5, 0.6) is 0 Å². The van der Waals surface area contributed by atoms with Crippen LogP contribution < -0.4 is 0 Å². The number of nitrogens with zero attached hydrogens (tertiary/aromatic N) is 8. The average Bonchev–Trinajstić information content (AvgIpc) is 3.24. The summed E-state index contributed by atoms with van der Waals surface area (Å²) in [5.74, 6) is 1.06. The lowest BCUT2D eigenvalue weighted by molar-refractivity contribution is 0.713. The molecule has 0 aliphatic heterocycles.